The van der Waals surface area contributed by atoms with E-state index in [1.165, 1.54) is 12.1 Å². The van der Waals surface area contributed by atoms with Crippen LogP contribution >= 0.6 is 11.6 Å². The summed E-state index contributed by atoms with van der Waals surface area (Å²) in [6.45, 7) is 2.12. The summed E-state index contributed by atoms with van der Waals surface area (Å²) >= 11 is 6.27. The second kappa shape index (κ2) is 6.89. The number of amides is 1. The van der Waals surface area contributed by atoms with Crippen molar-refractivity contribution in [2.45, 2.75) is 38.0 Å². The van der Waals surface area contributed by atoms with Crippen molar-refractivity contribution >= 4 is 23.2 Å². The number of nitrogens with zero attached hydrogens (tertiary/aromatic N) is 1. The molecule has 114 valence electrons. The molecule has 6 heteroatoms. The largest absolute Gasteiger partial charge is 0.352 e. The molecule has 1 amide bonds. The van der Waals surface area contributed by atoms with Gasteiger partial charge in [-0.2, -0.15) is 0 Å². The molecule has 1 saturated carbocycles. The number of nitro benzene ring substituents is 1. The van der Waals surface area contributed by atoms with E-state index in [1.807, 2.05) is 0 Å². The summed E-state index contributed by atoms with van der Waals surface area (Å²) in [5.41, 5.74) is 0.715. The van der Waals surface area contributed by atoms with Gasteiger partial charge in [-0.3, -0.25) is 14.9 Å². The van der Waals surface area contributed by atoms with Crippen LogP contribution < -0.4 is 5.32 Å². The molecule has 0 aliphatic heterocycles. The van der Waals surface area contributed by atoms with E-state index >= 15 is 0 Å². The van der Waals surface area contributed by atoms with Crippen LogP contribution in [-0.4, -0.2) is 22.8 Å². The van der Waals surface area contributed by atoms with Crippen LogP contribution in [0.2, 0.25) is 0 Å². The molecule has 1 aromatic rings. The third kappa shape index (κ3) is 3.73. The van der Waals surface area contributed by atoms with Crippen molar-refractivity contribution in [2.75, 3.05) is 6.54 Å². The number of nitrogens with one attached hydrogen (secondary N) is 1. The van der Waals surface area contributed by atoms with Gasteiger partial charge in [0.25, 0.3) is 11.6 Å². The van der Waals surface area contributed by atoms with E-state index < -0.39 is 4.92 Å². The smallest absolute Gasteiger partial charge is 0.273 e. The summed E-state index contributed by atoms with van der Waals surface area (Å²) in [5, 5.41) is 13.9. The Morgan fingerprint density at radius 1 is 1.43 bits per heavy atom. The summed E-state index contributed by atoms with van der Waals surface area (Å²) in [5.74, 6) is 0.00834. The maximum atomic E-state index is 12.2. The lowest BCUT2D eigenvalue weighted by Gasteiger charge is -2.27. The second-order valence-electron chi connectivity index (χ2n) is 5.48. The van der Waals surface area contributed by atoms with Gasteiger partial charge in [-0.15, -0.1) is 11.6 Å². The monoisotopic (exact) mass is 310 g/mol. The number of halogens is 1. The van der Waals surface area contributed by atoms with Gasteiger partial charge in [0.2, 0.25) is 0 Å². The first kappa shape index (κ1) is 15.8. The fraction of sp³-hybridized carbons (Fsp3) is 0.533. The zero-order valence-electron chi connectivity index (χ0n) is 12.0. The highest BCUT2D eigenvalue weighted by molar-refractivity contribution is 6.20. The van der Waals surface area contributed by atoms with E-state index in [-0.39, 0.29) is 22.9 Å². The molecule has 0 saturated heterocycles. The summed E-state index contributed by atoms with van der Waals surface area (Å²) in [6.07, 6.45) is 4.28. The molecule has 0 aromatic heterocycles. The van der Waals surface area contributed by atoms with Crippen LogP contribution in [-0.2, 0) is 0 Å². The first-order valence-electron chi connectivity index (χ1n) is 7.17. The van der Waals surface area contributed by atoms with Crippen molar-refractivity contribution in [1.82, 2.24) is 5.32 Å². The molecule has 2 rings (SSSR count). The number of hydrogen-bond donors (Lipinski definition) is 1. The normalized spacial score (nSPS) is 21.8. The molecule has 1 aliphatic carbocycles. The van der Waals surface area contributed by atoms with Crippen molar-refractivity contribution in [3.8, 4) is 0 Å². The molecule has 1 aromatic carbocycles. The number of carbonyl (C=O) groups excluding carboxylic acids is 1. The Kier molecular flexibility index (Phi) is 5.17. The zero-order chi connectivity index (χ0) is 15.4. The van der Waals surface area contributed by atoms with E-state index in [1.54, 1.807) is 13.0 Å². The van der Waals surface area contributed by atoms with Crippen LogP contribution in [0.5, 0.6) is 0 Å². The molecule has 1 aliphatic rings. The Hall–Kier alpha value is -1.62. The number of hydrogen-bond acceptors (Lipinski definition) is 3. The van der Waals surface area contributed by atoms with Gasteiger partial charge in [0.05, 0.1) is 4.92 Å². The van der Waals surface area contributed by atoms with Crippen LogP contribution in [0.15, 0.2) is 18.2 Å². The minimum atomic E-state index is -0.470. The standard InChI is InChI=1S/C15H19ClN2O3/c1-10-12(6-4-8-14(10)18(20)21)15(19)17-9-11-5-2-3-7-13(11)16/h4,6,8,11,13H,2-3,5,7,9H2,1H3,(H,17,19). The van der Waals surface area contributed by atoms with Crippen LogP contribution in [0, 0.1) is 23.0 Å². The molecule has 0 radical (unpaired) electrons. The minimum Gasteiger partial charge on any atom is -0.352 e. The highest BCUT2D eigenvalue weighted by Gasteiger charge is 2.24. The van der Waals surface area contributed by atoms with Crippen LogP contribution in [0.1, 0.15) is 41.6 Å². The Morgan fingerprint density at radius 3 is 2.81 bits per heavy atom. The van der Waals surface area contributed by atoms with Crippen LogP contribution in [0.3, 0.4) is 0 Å². The lowest BCUT2D eigenvalue weighted by atomic mass is 9.88. The Bertz CT molecular complexity index is 548. The van der Waals surface area contributed by atoms with Gasteiger partial charge in [-0.25, -0.2) is 0 Å². The van der Waals surface area contributed by atoms with Gasteiger partial charge in [0.1, 0.15) is 0 Å². The molecule has 0 heterocycles. The number of alkyl halides is 1. The molecule has 5 nitrogen and oxygen atoms in total. The van der Waals surface area contributed by atoms with Crippen molar-refractivity contribution in [3.63, 3.8) is 0 Å². The molecule has 0 spiro atoms. The Balaban J connectivity index is 2.03. The fourth-order valence-corrected chi connectivity index (χ4v) is 3.15. The highest BCUT2D eigenvalue weighted by atomic mass is 35.5. The highest BCUT2D eigenvalue weighted by Crippen LogP contribution is 2.28. The summed E-state index contributed by atoms with van der Waals surface area (Å²) in [7, 11) is 0. The minimum absolute atomic E-state index is 0.0319. The molecule has 1 N–H and O–H groups in total. The van der Waals surface area contributed by atoms with Gasteiger partial charge < -0.3 is 5.32 Å². The predicted octanol–water partition coefficient (Wildman–Crippen LogP) is 3.43. The van der Waals surface area contributed by atoms with Gasteiger partial charge in [0, 0.05) is 29.1 Å². The van der Waals surface area contributed by atoms with E-state index in [2.05, 4.69) is 5.32 Å². The van der Waals surface area contributed by atoms with E-state index in [0.29, 0.717) is 17.7 Å². The van der Waals surface area contributed by atoms with Crippen molar-refractivity contribution in [1.29, 1.82) is 0 Å². The molecular formula is C15H19ClN2O3. The number of rotatable bonds is 4. The lowest BCUT2D eigenvalue weighted by Crippen LogP contribution is -2.35. The third-order valence-corrected chi connectivity index (χ3v) is 4.66. The quantitative estimate of drug-likeness (QED) is 0.526. The van der Waals surface area contributed by atoms with Crippen molar-refractivity contribution in [2.24, 2.45) is 5.92 Å². The second-order valence-corrected chi connectivity index (χ2v) is 6.04. The Morgan fingerprint density at radius 2 is 2.14 bits per heavy atom. The first-order valence-corrected chi connectivity index (χ1v) is 7.60. The molecule has 21 heavy (non-hydrogen) atoms. The zero-order valence-corrected chi connectivity index (χ0v) is 12.7. The van der Waals surface area contributed by atoms with Gasteiger partial charge in [-0.1, -0.05) is 18.9 Å². The van der Waals surface area contributed by atoms with Crippen LogP contribution in [0.4, 0.5) is 5.69 Å². The van der Waals surface area contributed by atoms with E-state index in [9.17, 15) is 14.9 Å². The average Bonchev–Trinajstić information content (AvgIpc) is 2.46. The number of benzene rings is 1. The third-order valence-electron chi connectivity index (χ3n) is 4.09. The maximum Gasteiger partial charge on any atom is 0.273 e. The topological polar surface area (TPSA) is 72.2 Å². The molecule has 0 bridgehead atoms. The number of nitro groups is 1. The summed E-state index contributed by atoms with van der Waals surface area (Å²) in [6, 6.07) is 4.55. The lowest BCUT2D eigenvalue weighted by molar-refractivity contribution is -0.385. The Labute approximate surface area is 128 Å². The van der Waals surface area contributed by atoms with E-state index in [0.717, 1.165) is 25.7 Å². The SMILES string of the molecule is Cc1c(C(=O)NCC2CCCCC2Cl)cccc1[N+](=O)[O-]. The molecule has 1 fully saturated rings. The van der Waals surface area contributed by atoms with Crippen LogP contribution in [0.25, 0.3) is 0 Å². The van der Waals surface area contributed by atoms with Gasteiger partial charge in [0.15, 0.2) is 0 Å². The predicted molar refractivity (Wildman–Crippen MR) is 81.8 cm³/mol. The molecule has 2 unspecified atom stereocenters. The summed E-state index contributed by atoms with van der Waals surface area (Å²) in [4.78, 5) is 22.6. The fourth-order valence-electron chi connectivity index (χ4n) is 2.78. The van der Waals surface area contributed by atoms with Crippen molar-refractivity contribution in [3.05, 3.63) is 39.4 Å². The maximum absolute atomic E-state index is 12.2. The summed E-state index contributed by atoms with van der Waals surface area (Å²) < 4.78 is 0. The first-order chi connectivity index (χ1) is 10.0. The van der Waals surface area contributed by atoms with Gasteiger partial charge in [-0.05, 0) is 31.7 Å². The van der Waals surface area contributed by atoms with Gasteiger partial charge >= 0.3 is 0 Å². The number of carbonyl (C=O) groups is 1. The average molecular weight is 311 g/mol. The van der Waals surface area contributed by atoms with E-state index in [4.69, 9.17) is 11.6 Å². The molecular weight excluding hydrogens is 292 g/mol. The molecule has 2 atom stereocenters. The van der Waals surface area contributed by atoms with Crippen molar-refractivity contribution < 1.29 is 9.72 Å².